The van der Waals surface area contributed by atoms with E-state index in [1.807, 2.05) is 13.8 Å². The smallest absolute Gasteiger partial charge is 0.309 e. The van der Waals surface area contributed by atoms with E-state index >= 15 is 0 Å². The first-order valence-electron chi connectivity index (χ1n) is 7.04. The molecule has 1 heterocycles. The summed E-state index contributed by atoms with van der Waals surface area (Å²) in [5.41, 5.74) is 1.91. The van der Waals surface area contributed by atoms with Crippen LogP contribution in [0.5, 0.6) is 0 Å². The zero-order chi connectivity index (χ0) is 13.9. The Kier molecular flexibility index (Phi) is 2.82. The standard InChI is InChI=1S/C15H20O4/c1-6-4-11-13(8(3)15(18)19-11)14(17)9-5-10(16)7(2)12(6)9/h6,8-9,11,13-14,17H,4-5H2,1-3H3. The minimum atomic E-state index is -0.646. The molecule has 1 aliphatic heterocycles. The Balaban J connectivity index is 2.02. The van der Waals surface area contributed by atoms with Crippen molar-refractivity contribution < 1.29 is 19.4 Å². The lowest BCUT2D eigenvalue weighted by Crippen LogP contribution is -2.35. The molecular formula is C15H20O4. The van der Waals surface area contributed by atoms with Gasteiger partial charge in [0.1, 0.15) is 6.10 Å². The van der Waals surface area contributed by atoms with Crippen LogP contribution in [0, 0.1) is 23.7 Å². The fourth-order valence-electron chi connectivity index (χ4n) is 4.22. The number of aliphatic hydroxyl groups excluding tert-OH is 1. The van der Waals surface area contributed by atoms with Crippen LogP contribution in [0.2, 0.25) is 0 Å². The summed E-state index contributed by atoms with van der Waals surface area (Å²) >= 11 is 0. The molecule has 0 amide bonds. The maximum absolute atomic E-state index is 11.9. The fraction of sp³-hybridized carbons (Fsp3) is 0.733. The number of esters is 1. The molecule has 104 valence electrons. The molecule has 3 aliphatic rings. The van der Waals surface area contributed by atoms with Gasteiger partial charge in [-0.1, -0.05) is 19.4 Å². The number of carbonyl (C=O) groups excluding carboxylic acids is 2. The molecule has 6 unspecified atom stereocenters. The zero-order valence-electron chi connectivity index (χ0n) is 11.6. The van der Waals surface area contributed by atoms with Gasteiger partial charge in [0.15, 0.2) is 5.78 Å². The van der Waals surface area contributed by atoms with Crippen molar-refractivity contribution in [1.29, 1.82) is 0 Å². The van der Waals surface area contributed by atoms with Crippen molar-refractivity contribution in [3.8, 4) is 0 Å². The van der Waals surface area contributed by atoms with Crippen LogP contribution < -0.4 is 0 Å². The van der Waals surface area contributed by atoms with Crippen molar-refractivity contribution in [2.45, 2.75) is 45.8 Å². The minimum absolute atomic E-state index is 0.116. The van der Waals surface area contributed by atoms with Crippen LogP contribution in [0.15, 0.2) is 11.1 Å². The Morgan fingerprint density at radius 2 is 1.95 bits per heavy atom. The van der Waals surface area contributed by atoms with E-state index in [1.165, 1.54) is 0 Å². The molecule has 0 aromatic rings. The van der Waals surface area contributed by atoms with Crippen LogP contribution in [0.25, 0.3) is 0 Å². The number of fused-ring (bicyclic) bond motifs is 2. The van der Waals surface area contributed by atoms with E-state index in [1.54, 1.807) is 0 Å². The molecule has 1 saturated carbocycles. The third-order valence-corrected chi connectivity index (χ3v) is 5.23. The number of ketones is 1. The van der Waals surface area contributed by atoms with Crippen molar-refractivity contribution in [1.82, 2.24) is 0 Å². The molecule has 6 atom stereocenters. The highest BCUT2D eigenvalue weighted by Crippen LogP contribution is 2.48. The van der Waals surface area contributed by atoms with E-state index in [2.05, 4.69) is 6.92 Å². The average molecular weight is 264 g/mol. The molecule has 4 nitrogen and oxygen atoms in total. The van der Waals surface area contributed by atoms with Gasteiger partial charge in [0.25, 0.3) is 0 Å². The Morgan fingerprint density at radius 1 is 1.26 bits per heavy atom. The molecule has 0 aromatic heterocycles. The number of hydrogen-bond donors (Lipinski definition) is 1. The summed E-state index contributed by atoms with van der Waals surface area (Å²) in [6, 6.07) is 0. The van der Waals surface area contributed by atoms with Gasteiger partial charge in [-0.25, -0.2) is 0 Å². The van der Waals surface area contributed by atoms with Gasteiger partial charge in [0.05, 0.1) is 12.0 Å². The van der Waals surface area contributed by atoms with Crippen molar-refractivity contribution in [3.05, 3.63) is 11.1 Å². The maximum atomic E-state index is 11.9. The summed E-state index contributed by atoms with van der Waals surface area (Å²) in [4.78, 5) is 23.6. The molecule has 0 bridgehead atoms. The molecule has 1 saturated heterocycles. The van der Waals surface area contributed by atoms with Crippen LogP contribution in [0.1, 0.15) is 33.6 Å². The highest BCUT2D eigenvalue weighted by atomic mass is 16.6. The number of Topliss-reactive ketones (excluding diaryl/α,β-unsaturated/α-hetero) is 1. The van der Waals surface area contributed by atoms with E-state index in [0.717, 1.165) is 11.1 Å². The number of hydrogen-bond acceptors (Lipinski definition) is 4. The van der Waals surface area contributed by atoms with Crippen LogP contribution in [0.3, 0.4) is 0 Å². The molecule has 4 heteroatoms. The normalized spacial score (nSPS) is 45.9. The second-order valence-electron chi connectivity index (χ2n) is 6.28. The molecule has 2 fully saturated rings. The van der Waals surface area contributed by atoms with Gasteiger partial charge in [0, 0.05) is 18.3 Å². The van der Waals surface area contributed by atoms with Crippen molar-refractivity contribution in [3.63, 3.8) is 0 Å². The number of rotatable bonds is 0. The third-order valence-electron chi connectivity index (χ3n) is 5.23. The van der Waals surface area contributed by atoms with Crippen molar-refractivity contribution >= 4 is 11.8 Å². The zero-order valence-corrected chi connectivity index (χ0v) is 11.6. The first kappa shape index (κ1) is 12.9. The van der Waals surface area contributed by atoms with Gasteiger partial charge in [0.2, 0.25) is 0 Å². The van der Waals surface area contributed by atoms with Crippen LogP contribution >= 0.6 is 0 Å². The molecule has 1 N–H and O–H groups in total. The van der Waals surface area contributed by atoms with Gasteiger partial charge in [-0.05, 0) is 24.8 Å². The van der Waals surface area contributed by atoms with E-state index in [4.69, 9.17) is 4.74 Å². The molecule has 2 aliphatic carbocycles. The van der Waals surface area contributed by atoms with E-state index in [9.17, 15) is 14.7 Å². The van der Waals surface area contributed by atoms with Gasteiger partial charge >= 0.3 is 5.97 Å². The topological polar surface area (TPSA) is 63.6 Å². The van der Waals surface area contributed by atoms with Crippen molar-refractivity contribution in [2.24, 2.45) is 23.7 Å². The Labute approximate surface area is 112 Å². The van der Waals surface area contributed by atoms with Gasteiger partial charge < -0.3 is 9.84 Å². The van der Waals surface area contributed by atoms with Crippen molar-refractivity contribution in [2.75, 3.05) is 0 Å². The van der Waals surface area contributed by atoms with Gasteiger partial charge in [-0.2, -0.15) is 0 Å². The second kappa shape index (κ2) is 4.17. The SMILES string of the molecule is CC1=C2C(C)CC3OC(=O)C(C)C3C(O)C2CC1=O. The third kappa shape index (κ3) is 1.69. The fourth-order valence-corrected chi connectivity index (χ4v) is 4.22. The highest BCUT2D eigenvalue weighted by molar-refractivity contribution is 5.98. The first-order chi connectivity index (χ1) is 8.91. The number of carbonyl (C=O) groups is 2. The lowest BCUT2D eigenvalue weighted by Gasteiger charge is -2.26. The van der Waals surface area contributed by atoms with Gasteiger partial charge in [-0.15, -0.1) is 0 Å². The van der Waals surface area contributed by atoms with Crippen LogP contribution in [0.4, 0.5) is 0 Å². The number of ether oxygens (including phenoxy) is 1. The average Bonchev–Trinajstić information content (AvgIpc) is 2.75. The molecule has 3 rings (SSSR count). The Hall–Kier alpha value is -1.16. The van der Waals surface area contributed by atoms with Crippen LogP contribution in [-0.2, 0) is 14.3 Å². The number of allylic oxidation sites excluding steroid dienone is 1. The molecule has 0 radical (unpaired) electrons. The van der Waals surface area contributed by atoms with Crippen LogP contribution in [-0.4, -0.2) is 29.1 Å². The highest BCUT2D eigenvalue weighted by Gasteiger charge is 2.53. The lowest BCUT2D eigenvalue weighted by atomic mass is 9.80. The molecular weight excluding hydrogens is 244 g/mol. The maximum Gasteiger partial charge on any atom is 0.309 e. The summed E-state index contributed by atoms with van der Waals surface area (Å²) < 4.78 is 5.42. The quantitative estimate of drug-likeness (QED) is 0.673. The first-order valence-corrected chi connectivity index (χ1v) is 7.04. The second-order valence-corrected chi connectivity index (χ2v) is 6.28. The van der Waals surface area contributed by atoms with E-state index < -0.39 is 6.10 Å². The molecule has 0 aromatic carbocycles. The summed E-state index contributed by atoms with van der Waals surface area (Å²) in [7, 11) is 0. The molecule has 0 spiro atoms. The Bertz CT molecular complexity index is 479. The predicted octanol–water partition coefficient (Wildman–Crippen LogP) is 1.47. The van der Waals surface area contributed by atoms with Gasteiger partial charge in [-0.3, -0.25) is 9.59 Å². The largest absolute Gasteiger partial charge is 0.462 e. The summed E-state index contributed by atoms with van der Waals surface area (Å²) in [5.74, 6) is -0.440. The number of aliphatic hydroxyl groups is 1. The lowest BCUT2D eigenvalue weighted by molar-refractivity contribution is -0.144. The minimum Gasteiger partial charge on any atom is -0.462 e. The van der Waals surface area contributed by atoms with E-state index in [0.29, 0.717) is 12.8 Å². The monoisotopic (exact) mass is 264 g/mol. The summed E-state index contributed by atoms with van der Waals surface area (Å²) in [6.07, 6.45) is 0.256. The molecule has 19 heavy (non-hydrogen) atoms. The predicted molar refractivity (Wildman–Crippen MR) is 68.1 cm³/mol. The van der Waals surface area contributed by atoms with E-state index in [-0.39, 0.29) is 41.5 Å². The Morgan fingerprint density at radius 3 is 2.63 bits per heavy atom. The summed E-state index contributed by atoms with van der Waals surface area (Å²) in [6.45, 7) is 5.74. The summed E-state index contributed by atoms with van der Waals surface area (Å²) in [5, 5.41) is 10.7.